The van der Waals surface area contributed by atoms with Gasteiger partial charge in [0.15, 0.2) is 0 Å². The molecule has 5 heteroatoms. The van der Waals surface area contributed by atoms with Crippen molar-refractivity contribution in [3.8, 4) is 5.75 Å². The molecule has 0 fully saturated rings. The van der Waals surface area contributed by atoms with E-state index in [1.54, 1.807) is 6.92 Å². The summed E-state index contributed by atoms with van der Waals surface area (Å²) in [7, 11) is -2.96. The second-order valence-corrected chi connectivity index (χ2v) is 6.84. The largest absolute Gasteiger partial charge is 0.493 e. The summed E-state index contributed by atoms with van der Waals surface area (Å²) in [6, 6.07) is 7.31. The lowest BCUT2D eigenvalue weighted by atomic mass is 10.0. The van der Waals surface area contributed by atoms with Gasteiger partial charge in [-0.1, -0.05) is 25.1 Å². The first-order valence-electron chi connectivity index (χ1n) is 6.60. The Morgan fingerprint density at radius 2 is 1.95 bits per heavy atom. The lowest BCUT2D eigenvalue weighted by Crippen LogP contribution is -2.10. The van der Waals surface area contributed by atoms with Gasteiger partial charge in [-0.15, -0.1) is 0 Å². The highest BCUT2D eigenvalue weighted by molar-refractivity contribution is 7.91. The Hall–Kier alpha value is -1.07. The molecular formula is C14H22O4S. The normalized spacial score (nSPS) is 13.2. The third-order valence-electron chi connectivity index (χ3n) is 2.95. The third-order valence-corrected chi connectivity index (χ3v) is 4.74. The number of para-hydroxylation sites is 1. The predicted octanol–water partition coefficient (Wildman–Crippen LogP) is 2.33. The minimum atomic E-state index is -2.96. The fourth-order valence-corrected chi connectivity index (χ4v) is 2.73. The number of aliphatic hydroxyl groups excluding tert-OH is 1. The zero-order valence-corrected chi connectivity index (χ0v) is 12.3. The Kier molecular flexibility index (Phi) is 6.31. The van der Waals surface area contributed by atoms with Gasteiger partial charge >= 0.3 is 0 Å². The van der Waals surface area contributed by atoms with Gasteiger partial charge in [-0.05, 0) is 25.8 Å². The molecule has 0 aliphatic rings. The van der Waals surface area contributed by atoms with Crippen LogP contribution >= 0.6 is 0 Å². The maximum atomic E-state index is 11.4. The fraction of sp³-hybridized carbons (Fsp3) is 0.571. The van der Waals surface area contributed by atoms with Crippen LogP contribution in [0.25, 0.3) is 0 Å². The van der Waals surface area contributed by atoms with Crippen LogP contribution in [0.1, 0.15) is 38.4 Å². The first-order valence-corrected chi connectivity index (χ1v) is 8.42. The SMILES string of the molecule is CCOc1ccccc1C(O)CCCS(=O)(=O)CC. The average molecular weight is 286 g/mol. The maximum absolute atomic E-state index is 11.4. The minimum Gasteiger partial charge on any atom is -0.493 e. The standard InChI is InChI=1S/C14H22O4S/c1-3-18-14-10-6-5-8-12(14)13(15)9-7-11-19(16,17)4-2/h5-6,8,10,13,15H,3-4,7,9,11H2,1-2H3. The molecule has 1 unspecified atom stereocenters. The van der Waals surface area contributed by atoms with E-state index in [9.17, 15) is 13.5 Å². The quantitative estimate of drug-likeness (QED) is 0.796. The van der Waals surface area contributed by atoms with Crippen molar-refractivity contribution in [2.75, 3.05) is 18.1 Å². The fourth-order valence-electron chi connectivity index (χ4n) is 1.84. The van der Waals surface area contributed by atoms with Gasteiger partial charge in [0, 0.05) is 11.3 Å². The summed E-state index contributed by atoms with van der Waals surface area (Å²) in [6.45, 7) is 4.06. The Balaban J connectivity index is 2.61. The molecule has 1 aromatic rings. The van der Waals surface area contributed by atoms with Crippen LogP contribution in [0.4, 0.5) is 0 Å². The summed E-state index contributed by atoms with van der Waals surface area (Å²) in [6.07, 6.45) is 0.191. The van der Waals surface area contributed by atoms with Crippen molar-refractivity contribution >= 4 is 9.84 Å². The Morgan fingerprint density at radius 1 is 1.26 bits per heavy atom. The van der Waals surface area contributed by atoms with Gasteiger partial charge in [0.1, 0.15) is 15.6 Å². The molecule has 0 saturated heterocycles. The van der Waals surface area contributed by atoms with E-state index in [0.717, 1.165) is 5.56 Å². The molecule has 0 bridgehead atoms. The van der Waals surface area contributed by atoms with E-state index < -0.39 is 15.9 Å². The van der Waals surface area contributed by atoms with E-state index in [4.69, 9.17) is 4.74 Å². The number of ether oxygens (including phenoxy) is 1. The molecule has 0 amide bonds. The van der Waals surface area contributed by atoms with Crippen molar-refractivity contribution in [1.29, 1.82) is 0 Å². The van der Waals surface area contributed by atoms with E-state index in [0.29, 0.717) is 25.2 Å². The second kappa shape index (κ2) is 7.50. The molecule has 0 aliphatic heterocycles. The first-order chi connectivity index (χ1) is 9.00. The van der Waals surface area contributed by atoms with E-state index in [1.807, 2.05) is 31.2 Å². The lowest BCUT2D eigenvalue weighted by molar-refractivity contribution is 0.161. The molecule has 0 heterocycles. The highest BCUT2D eigenvalue weighted by Gasteiger charge is 2.14. The summed E-state index contributed by atoms with van der Waals surface area (Å²) in [5.74, 6) is 0.937. The molecule has 0 aliphatic carbocycles. The van der Waals surface area contributed by atoms with Crippen LogP contribution in [-0.4, -0.2) is 31.6 Å². The smallest absolute Gasteiger partial charge is 0.150 e. The van der Waals surface area contributed by atoms with Crippen LogP contribution in [0, 0.1) is 0 Å². The average Bonchev–Trinajstić information content (AvgIpc) is 2.39. The molecule has 1 N–H and O–H groups in total. The van der Waals surface area contributed by atoms with Crippen LogP contribution in [-0.2, 0) is 9.84 Å². The van der Waals surface area contributed by atoms with Gasteiger partial charge in [0.05, 0.1) is 18.5 Å². The Labute approximate surface area is 115 Å². The van der Waals surface area contributed by atoms with E-state index in [-0.39, 0.29) is 11.5 Å². The van der Waals surface area contributed by atoms with Crippen LogP contribution in [0.2, 0.25) is 0 Å². The number of hydrogen-bond acceptors (Lipinski definition) is 4. The monoisotopic (exact) mass is 286 g/mol. The molecule has 0 spiro atoms. The maximum Gasteiger partial charge on any atom is 0.150 e. The molecule has 0 radical (unpaired) electrons. The van der Waals surface area contributed by atoms with Crippen molar-refractivity contribution < 1.29 is 18.3 Å². The van der Waals surface area contributed by atoms with Crippen molar-refractivity contribution in [3.63, 3.8) is 0 Å². The predicted molar refractivity (Wildman–Crippen MR) is 76.1 cm³/mol. The molecule has 0 saturated carbocycles. The lowest BCUT2D eigenvalue weighted by Gasteiger charge is -2.15. The van der Waals surface area contributed by atoms with Crippen molar-refractivity contribution in [1.82, 2.24) is 0 Å². The van der Waals surface area contributed by atoms with Crippen LogP contribution in [0.15, 0.2) is 24.3 Å². The van der Waals surface area contributed by atoms with Crippen molar-refractivity contribution in [2.45, 2.75) is 32.8 Å². The van der Waals surface area contributed by atoms with E-state index in [1.165, 1.54) is 0 Å². The van der Waals surface area contributed by atoms with Crippen molar-refractivity contribution in [3.05, 3.63) is 29.8 Å². The van der Waals surface area contributed by atoms with Gasteiger partial charge in [-0.3, -0.25) is 0 Å². The molecule has 4 nitrogen and oxygen atoms in total. The van der Waals surface area contributed by atoms with Crippen molar-refractivity contribution in [2.24, 2.45) is 0 Å². The van der Waals surface area contributed by atoms with Crippen LogP contribution in [0.3, 0.4) is 0 Å². The number of hydrogen-bond donors (Lipinski definition) is 1. The van der Waals surface area contributed by atoms with E-state index >= 15 is 0 Å². The molecule has 19 heavy (non-hydrogen) atoms. The third kappa shape index (κ3) is 5.20. The highest BCUT2D eigenvalue weighted by atomic mass is 32.2. The van der Waals surface area contributed by atoms with Gasteiger partial charge in [0.25, 0.3) is 0 Å². The number of sulfone groups is 1. The molecule has 108 valence electrons. The summed E-state index contributed by atoms with van der Waals surface area (Å²) in [5, 5.41) is 10.1. The molecule has 1 rings (SSSR count). The number of rotatable bonds is 8. The summed E-state index contributed by atoms with van der Waals surface area (Å²) < 4.78 is 28.2. The van der Waals surface area contributed by atoms with E-state index in [2.05, 4.69) is 0 Å². The zero-order chi connectivity index (χ0) is 14.3. The van der Waals surface area contributed by atoms with Gasteiger partial charge in [-0.2, -0.15) is 0 Å². The van der Waals surface area contributed by atoms with Crippen LogP contribution in [0.5, 0.6) is 5.75 Å². The molecule has 0 aromatic heterocycles. The van der Waals surface area contributed by atoms with Crippen LogP contribution < -0.4 is 4.74 Å². The zero-order valence-electron chi connectivity index (χ0n) is 11.5. The van der Waals surface area contributed by atoms with Gasteiger partial charge in [0.2, 0.25) is 0 Å². The minimum absolute atomic E-state index is 0.122. The second-order valence-electron chi connectivity index (χ2n) is 4.37. The topological polar surface area (TPSA) is 63.6 Å². The van der Waals surface area contributed by atoms with Gasteiger partial charge in [-0.25, -0.2) is 8.42 Å². The van der Waals surface area contributed by atoms with Gasteiger partial charge < -0.3 is 9.84 Å². The number of aliphatic hydroxyl groups is 1. The Bertz CT molecular complexity index is 482. The summed E-state index contributed by atoms with van der Waals surface area (Å²) in [4.78, 5) is 0. The first kappa shape index (κ1) is 16.0. The molecule has 1 atom stereocenters. The highest BCUT2D eigenvalue weighted by Crippen LogP contribution is 2.28. The number of benzene rings is 1. The Morgan fingerprint density at radius 3 is 2.58 bits per heavy atom. The summed E-state index contributed by atoms with van der Waals surface area (Å²) in [5.41, 5.74) is 0.721. The summed E-state index contributed by atoms with van der Waals surface area (Å²) >= 11 is 0. The molecular weight excluding hydrogens is 264 g/mol. The molecule has 1 aromatic carbocycles.